The number of furan rings is 1. The Morgan fingerprint density at radius 2 is 1.76 bits per heavy atom. The van der Waals surface area contributed by atoms with Gasteiger partial charge in [0.25, 0.3) is 15.9 Å². The van der Waals surface area contributed by atoms with E-state index in [4.69, 9.17) is 32.4 Å². The number of ether oxygens (including phenoxy) is 1. The summed E-state index contributed by atoms with van der Waals surface area (Å²) in [5, 5.41) is 3.11. The average molecular weight is 765 g/mol. The Labute approximate surface area is 289 Å². The van der Waals surface area contributed by atoms with Crippen molar-refractivity contribution >= 4 is 89.0 Å². The summed E-state index contributed by atoms with van der Waals surface area (Å²) in [4.78, 5) is 28.8. The highest BCUT2D eigenvalue weighted by atomic mass is 79.9. The summed E-state index contributed by atoms with van der Waals surface area (Å²) in [5.74, 6) is -0.905. The molecular weight excluding hydrogens is 735 g/mol. The molecule has 0 aliphatic rings. The Bertz CT molecular complexity index is 2040. The average Bonchev–Trinajstić information content (AvgIpc) is 3.59. The molecule has 0 aliphatic heterocycles. The molecule has 0 bridgehead atoms. The van der Waals surface area contributed by atoms with E-state index in [-0.39, 0.29) is 42.8 Å². The van der Waals surface area contributed by atoms with E-state index in [9.17, 15) is 18.0 Å². The Morgan fingerprint density at radius 1 is 1.00 bits per heavy atom. The van der Waals surface area contributed by atoms with Crippen LogP contribution in [0.4, 0.5) is 5.69 Å². The minimum absolute atomic E-state index is 0.00879. The molecule has 0 aliphatic carbocycles. The van der Waals surface area contributed by atoms with Crippen molar-refractivity contribution in [1.29, 1.82) is 0 Å². The van der Waals surface area contributed by atoms with Crippen LogP contribution in [0.15, 0.2) is 85.9 Å². The van der Waals surface area contributed by atoms with Crippen molar-refractivity contribution in [3.63, 3.8) is 0 Å². The van der Waals surface area contributed by atoms with Crippen LogP contribution in [0.25, 0.3) is 11.0 Å². The molecule has 3 aromatic carbocycles. The lowest BCUT2D eigenvalue weighted by molar-refractivity contribution is 0.0491. The molecule has 0 N–H and O–H groups in total. The van der Waals surface area contributed by atoms with Crippen LogP contribution < -0.4 is 4.31 Å². The normalized spacial score (nSPS) is 11.5. The zero-order valence-electron chi connectivity index (χ0n) is 25.1. The number of aryl methyl sites for hydroxylation is 1. The highest BCUT2D eigenvalue weighted by Crippen LogP contribution is 2.34. The first-order valence-corrected chi connectivity index (χ1v) is 18.1. The summed E-state index contributed by atoms with van der Waals surface area (Å²) >= 11 is 17.8. The Kier molecular flexibility index (Phi) is 10.5. The number of nitrogens with zero attached hydrogens (tertiary/aromatic N) is 2. The van der Waals surface area contributed by atoms with Gasteiger partial charge in [-0.2, -0.15) is 0 Å². The molecule has 0 atom stereocenters. The van der Waals surface area contributed by atoms with Gasteiger partial charge in [0.2, 0.25) is 5.76 Å². The minimum atomic E-state index is -4.14. The molecular formula is C33H29BrCl2N2O6S2. The first kappa shape index (κ1) is 34.0. The van der Waals surface area contributed by atoms with Gasteiger partial charge in [-0.15, -0.1) is 11.3 Å². The van der Waals surface area contributed by atoms with E-state index in [1.54, 1.807) is 68.1 Å². The number of rotatable bonds is 11. The van der Waals surface area contributed by atoms with Gasteiger partial charge < -0.3 is 14.1 Å². The van der Waals surface area contributed by atoms with Crippen LogP contribution in [0.2, 0.25) is 10.0 Å². The molecule has 240 valence electrons. The number of thiophene rings is 1. The number of anilines is 1. The molecule has 46 heavy (non-hydrogen) atoms. The molecule has 0 spiro atoms. The van der Waals surface area contributed by atoms with E-state index >= 15 is 0 Å². The molecule has 2 aromatic heterocycles. The van der Waals surface area contributed by atoms with Gasteiger partial charge in [0.05, 0.1) is 34.3 Å². The summed E-state index contributed by atoms with van der Waals surface area (Å²) < 4.78 is 41.5. The number of halogens is 3. The number of sulfonamides is 1. The number of carbonyl (C=O) groups excluding carboxylic acids is 2. The summed E-state index contributed by atoms with van der Waals surface area (Å²) in [6.45, 7) is 5.67. The van der Waals surface area contributed by atoms with Crippen LogP contribution in [-0.4, -0.2) is 38.3 Å². The van der Waals surface area contributed by atoms with Crippen LogP contribution in [0.5, 0.6) is 0 Å². The number of amides is 1. The van der Waals surface area contributed by atoms with Gasteiger partial charge in [-0.05, 0) is 96.9 Å². The molecule has 8 nitrogen and oxygen atoms in total. The lowest BCUT2D eigenvalue weighted by Crippen LogP contribution is -2.34. The van der Waals surface area contributed by atoms with Crippen molar-refractivity contribution in [2.24, 2.45) is 0 Å². The maximum absolute atomic E-state index is 14.2. The zero-order chi connectivity index (χ0) is 33.2. The monoisotopic (exact) mass is 762 g/mol. The van der Waals surface area contributed by atoms with Crippen LogP contribution >= 0.6 is 50.5 Å². The predicted molar refractivity (Wildman–Crippen MR) is 186 cm³/mol. The van der Waals surface area contributed by atoms with Crippen LogP contribution in [0, 0.1) is 6.92 Å². The second kappa shape index (κ2) is 14.2. The van der Waals surface area contributed by atoms with Crippen molar-refractivity contribution in [2.45, 2.75) is 38.8 Å². The van der Waals surface area contributed by atoms with Gasteiger partial charge in [-0.3, -0.25) is 9.10 Å². The fourth-order valence-corrected chi connectivity index (χ4v) is 8.52. The van der Waals surface area contributed by atoms with E-state index in [1.165, 1.54) is 33.8 Å². The second-order valence-corrected chi connectivity index (χ2v) is 14.9. The molecule has 2 heterocycles. The number of fused-ring (bicyclic) bond motifs is 1. The first-order valence-electron chi connectivity index (χ1n) is 14.2. The van der Waals surface area contributed by atoms with E-state index in [0.29, 0.717) is 43.4 Å². The second-order valence-electron chi connectivity index (χ2n) is 10.2. The molecule has 0 fully saturated rings. The Balaban J connectivity index is 1.55. The fraction of sp³-hybridized carbons (Fsp3) is 0.212. The molecule has 5 aromatic rings. The van der Waals surface area contributed by atoms with E-state index in [1.807, 2.05) is 11.4 Å². The van der Waals surface area contributed by atoms with Gasteiger partial charge in [-0.1, -0.05) is 35.3 Å². The van der Waals surface area contributed by atoms with Crippen molar-refractivity contribution in [3.8, 4) is 0 Å². The van der Waals surface area contributed by atoms with Crippen molar-refractivity contribution in [3.05, 3.63) is 114 Å². The highest BCUT2D eigenvalue weighted by molar-refractivity contribution is 9.10. The smallest absolute Gasteiger partial charge is 0.374 e. The summed E-state index contributed by atoms with van der Waals surface area (Å²) in [6.07, 6.45) is 0. The SMILES string of the molecule is CCOC(=O)c1oc2ccc(S(=O)(=O)N(CC)c3ccc(Cl)cc3CN(Cc3cc(Br)cs3)C(=O)c3ccccc3Cl)cc2c1C. The van der Waals surface area contributed by atoms with Gasteiger partial charge in [0.1, 0.15) is 5.58 Å². The first-order chi connectivity index (χ1) is 21.9. The predicted octanol–water partition coefficient (Wildman–Crippen LogP) is 9.11. The highest BCUT2D eigenvalue weighted by Gasteiger charge is 2.29. The number of hydrogen-bond donors (Lipinski definition) is 0. The van der Waals surface area contributed by atoms with Gasteiger partial charge in [0.15, 0.2) is 0 Å². The third kappa shape index (κ3) is 6.99. The van der Waals surface area contributed by atoms with Crippen LogP contribution in [-0.2, 0) is 27.8 Å². The lowest BCUT2D eigenvalue weighted by atomic mass is 10.1. The number of esters is 1. The Hall–Kier alpha value is -3.35. The molecule has 1 amide bonds. The summed E-state index contributed by atoms with van der Waals surface area (Å²) in [6, 6.07) is 18.1. The molecule has 0 saturated heterocycles. The molecule has 13 heteroatoms. The topological polar surface area (TPSA) is 97.1 Å². The number of carbonyl (C=O) groups is 2. The maximum atomic E-state index is 14.2. The third-order valence-corrected chi connectivity index (χ3v) is 11.4. The molecule has 0 saturated carbocycles. The van der Waals surface area contributed by atoms with Crippen molar-refractivity contribution < 1.29 is 27.2 Å². The maximum Gasteiger partial charge on any atom is 0.374 e. The third-order valence-electron chi connectivity index (χ3n) is 7.28. The Morgan fingerprint density at radius 3 is 2.43 bits per heavy atom. The lowest BCUT2D eigenvalue weighted by Gasteiger charge is -2.29. The van der Waals surface area contributed by atoms with Crippen LogP contribution in [0.3, 0.4) is 0 Å². The molecule has 0 unspecified atom stereocenters. The molecule has 5 rings (SSSR count). The zero-order valence-corrected chi connectivity index (χ0v) is 29.8. The summed E-state index contributed by atoms with van der Waals surface area (Å²) in [7, 11) is -4.14. The largest absolute Gasteiger partial charge is 0.460 e. The van der Waals surface area contributed by atoms with Crippen molar-refractivity contribution in [2.75, 3.05) is 17.5 Å². The van der Waals surface area contributed by atoms with Crippen molar-refractivity contribution in [1.82, 2.24) is 4.90 Å². The fourth-order valence-electron chi connectivity index (χ4n) is 5.11. The van der Waals surface area contributed by atoms with Gasteiger partial charge in [-0.25, -0.2) is 13.2 Å². The van der Waals surface area contributed by atoms with Crippen LogP contribution in [0.1, 0.15) is 50.8 Å². The van der Waals surface area contributed by atoms with E-state index in [2.05, 4.69) is 15.9 Å². The minimum Gasteiger partial charge on any atom is -0.460 e. The standard InChI is InChI=1S/C33H29BrCl2N2O6S2/c1-4-38(46(41,42)25-11-13-30-27(16-25)20(3)31(44-30)33(40)43-5-2)29-12-10-23(35)14-21(29)17-37(18-24-15-22(34)19-45-24)32(39)26-8-6-7-9-28(26)36/h6-16,19H,4-5,17-18H2,1-3H3. The van der Waals surface area contributed by atoms with Gasteiger partial charge >= 0.3 is 5.97 Å². The van der Waals surface area contributed by atoms with E-state index in [0.717, 1.165) is 9.35 Å². The van der Waals surface area contributed by atoms with Gasteiger partial charge in [0, 0.05) is 43.8 Å². The number of benzene rings is 3. The number of hydrogen-bond acceptors (Lipinski definition) is 7. The summed E-state index contributed by atoms with van der Waals surface area (Å²) in [5.41, 5.74) is 2.07. The quantitative estimate of drug-likeness (QED) is 0.125. The molecule has 0 radical (unpaired) electrons. The van der Waals surface area contributed by atoms with E-state index < -0.39 is 16.0 Å².